The Labute approximate surface area is 97.4 Å². The third-order valence-electron chi connectivity index (χ3n) is 1.29. The number of rotatable bonds is 2. The molecule has 0 spiro atoms. The Balaban J connectivity index is 0. The minimum atomic E-state index is -0.318. The van der Waals surface area contributed by atoms with Crippen LogP contribution in [-0.4, -0.2) is 29.1 Å². The summed E-state index contributed by atoms with van der Waals surface area (Å²) in [5.41, 5.74) is 4.18. The molecule has 0 radical (unpaired) electrons. The van der Waals surface area contributed by atoms with E-state index in [1.807, 2.05) is 27.0 Å². The second-order valence-corrected chi connectivity index (χ2v) is 3.72. The highest BCUT2D eigenvalue weighted by atomic mass is 16.5. The van der Waals surface area contributed by atoms with Gasteiger partial charge in [-0.1, -0.05) is 6.92 Å². The van der Waals surface area contributed by atoms with E-state index in [0.29, 0.717) is 6.47 Å². The molecule has 1 heterocycles. The Morgan fingerprint density at radius 1 is 1.50 bits per heavy atom. The third kappa shape index (κ3) is 12.6. The van der Waals surface area contributed by atoms with Gasteiger partial charge < -0.3 is 15.5 Å². The largest absolute Gasteiger partial charge is 0.462 e. The number of imidazole rings is 1. The van der Waals surface area contributed by atoms with Crippen molar-refractivity contribution in [1.29, 1.82) is 0 Å². The van der Waals surface area contributed by atoms with Crippen molar-refractivity contribution in [2.45, 2.75) is 39.7 Å². The van der Waals surface area contributed by atoms with Gasteiger partial charge in [-0.15, -0.1) is 0 Å². The molecular weight excluding hydrogens is 206 g/mol. The zero-order valence-corrected chi connectivity index (χ0v) is 10.8. The molecule has 5 heteroatoms. The second-order valence-electron chi connectivity index (χ2n) is 3.72. The van der Waals surface area contributed by atoms with Crippen molar-refractivity contribution >= 4 is 6.47 Å². The van der Waals surface area contributed by atoms with E-state index in [9.17, 15) is 4.79 Å². The molecule has 5 nitrogen and oxygen atoms in total. The summed E-state index contributed by atoms with van der Waals surface area (Å²) >= 11 is 0. The number of H-pyrrole nitrogens is 1. The van der Waals surface area contributed by atoms with Gasteiger partial charge in [0.25, 0.3) is 6.47 Å². The minimum absolute atomic E-state index is 0.318. The first-order valence-electron chi connectivity index (χ1n) is 5.17. The van der Waals surface area contributed by atoms with Gasteiger partial charge in [0.1, 0.15) is 11.4 Å². The average molecular weight is 229 g/mol. The summed E-state index contributed by atoms with van der Waals surface area (Å²) < 4.78 is 4.55. The van der Waals surface area contributed by atoms with Crippen LogP contribution >= 0.6 is 0 Å². The predicted octanol–water partition coefficient (Wildman–Crippen LogP) is 1.50. The van der Waals surface area contributed by atoms with Crippen molar-refractivity contribution < 1.29 is 9.53 Å². The summed E-state index contributed by atoms with van der Waals surface area (Å²) in [5.74, 6) is 1.06. The Kier molecular flexibility index (Phi) is 10.8. The minimum Gasteiger partial charge on any atom is -0.462 e. The summed E-state index contributed by atoms with van der Waals surface area (Å²) in [6, 6.07) is 0. The van der Waals surface area contributed by atoms with Gasteiger partial charge >= 0.3 is 0 Å². The molecule has 0 atom stereocenters. The van der Waals surface area contributed by atoms with Crippen LogP contribution in [0, 0.1) is 0 Å². The Hall–Kier alpha value is -1.36. The summed E-state index contributed by atoms with van der Waals surface area (Å²) in [7, 11) is 1.50. The van der Waals surface area contributed by atoms with E-state index in [0.717, 1.165) is 12.2 Å². The van der Waals surface area contributed by atoms with Gasteiger partial charge in [-0.3, -0.25) is 4.79 Å². The van der Waals surface area contributed by atoms with Crippen molar-refractivity contribution in [1.82, 2.24) is 9.97 Å². The van der Waals surface area contributed by atoms with Gasteiger partial charge in [0, 0.05) is 18.8 Å². The number of aryl methyl sites for hydroxylation is 1. The van der Waals surface area contributed by atoms with E-state index >= 15 is 0 Å². The first-order chi connectivity index (χ1) is 7.49. The molecule has 1 rings (SSSR count). The number of aromatic amines is 1. The fraction of sp³-hybridized carbons (Fsp3) is 0.636. The number of nitrogens with two attached hydrogens (primary N) is 1. The van der Waals surface area contributed by atoms with Crippen LogP contribution in [0.5, 0.6) is 0 Å². The lowest BCUT2D eigenvalue weighted by Crippen LogP contribution is -2.17. The van der Waals surface area contributed by atoms with Crippen LogP contribution in [0.25, 0.3) is 0 Å². The molecular formula is C11H23N3O2. The highest BCUT2D eigenvalue weighted by molar-refractivity contribution is 5.37. The van der Waals surface area contributed by atoms with Gasteiger partial charge in [-0.05, 0) is 27.8 Å². The highest BCUT2D eigenvalue weighted by Crippen LogP contribution is 2.02. The van der Waals surface area contributed by atoms with Crippen LogP contribution in [0.4, 0.5) is 0 Å². The number of carbonyl (C=O) groups excluding carboxylic acids is 1. The second kappa shape index (κ2) is 10.2. The van der Waals surface area contributed by atoms with E-state index in [4.69, 9.17) is 0 Å². The lowest BCUT2D eigenvalue weighted by molar-refractivity contribution is -0.138. The zero-order chi connectivity index (χ0) is 13.0. The number of ether oxygens (including phenoxy) is 1. The van der Waals surface area contributed by atoms with Crippen LogP contribution in [0.2, 0.25) is 0 Å². The first kappa shape index (κ1) is 17.0. The lowest BCUT2D eigenvalue weighted by Gasteiger charge is -2.14. The number of hydrogen-bond acceptors (Lipinski definition) is 4. The molecule has 16 heavy (non-hydrogen) atoms. The Morgan fingerprint density at radius 3 is 2.19 bits per heavy atom. The number of nitrogens with zero attached hydrogens (tertiary/aromatic N) is 1. The van der Waals surface area contributed by atoms with Crippen LogP contribution in [0.3, 0.4) is 0 Å². The highest BCUT2D eigenvalue weighted by Gasteiger charge is 2.07. The van der Waals surface area contributed by atoms with Gasteiger partial charge in [0.2, 0.25) is 0 Å². The summed E-state index contributed by atoms with van der Waals surface area (Å²) in [6.07, 6.45) is 4.59. The smallest absolute Gasteiger partial charge is 0.293 e. The van der Waals surface area contributed by atoms with E-state index in [1.54, 1.807) is 6.20 Å². The molecule has 0 aliphatic carbocycles. The maximum atomic E-state index is 9.60. The molecule has 0 saturated carbocycles. The molecule has 94 valence electrons. The van der Waals surface area contributed by atoms with E-state index in [-0.39, 0.29) is 5.60 Å². The van der Waals surface area contributed by atoms with Gasteiger partial charge in [-0.2, -0.15) is 0 Å². The molecule has 0 aliphatic rings. The molecule has 1 aromatic rings. The van der Waals surface area contributed by atoms with E-state index < -0.39 is 0 Å². The maximum Gasteiger partial charge on any atom is 0.293 e. The number of aromatic nitrogens is 2. The van der Waals surface area contributed by atoms with Gasteiger partial charge in [-0.25, -0.2) is 4.98 Å². The molecule has 0 saturated heterocycles. The van der Waals surface area contributed by atoms with Crippen LogP contribution < -0.4 is 5.73 Å². The quantitative estimate of drug-likeness (QED) is 0.753. The Morgan fingerprint density at radius 2 is 2.06 bits per heavy atom. The van der Waals surface area contributed by atoms with Crippen LogP contribution in [0.15, 0.2) is 12.4 Å². The summed E-state index contributed by atoms with van der Waals surface area (Å²) in [5, 5.41) is 0. The average Bonchev–Trinajstić information content (AvgIpc) is 2.72. The fourth-order valence-corrected chi connectivity index (χ4v) is 0.636. The number of hydrogen-bond donors (Lipinski definition) is 2. The van der Waals surface area contributed by atoms with Crippen molar-refractivity contribution in [3.63, 3.8) is 0 Å². The summed E-state index contributed by atoms with van der Waals surface area (Å²) in [4.78, 5) is 16.6. The normalized spacial score (nSPS) is 9.12. The number of carbonyl (C=O) groups is 1. The fourth-order valence-electron chi connectivity index (χ4n) is 0.636. The number of nitrogens with one attached hydrogen (secondary N) is 1. The Bertz CT molecular complexity index is 240. The van der Waals surface area contributed by atoms with Gasteiger partial charge in [0.05, 0.1) is 0 Å². The van der Waals surface area contributed by atoms with Crippen LogP contribution in [0.1, 0.15) is 33.5 Å². The maximum absolute atomic E-state index is 9.60. The molecule has 0 aliphatic heterocycles. The third-order valence-corrected chi connectivity index (χ3v) is 1.29. The predicted molar refractivity (Wildman–Crippen MR) is 65.0 cm³/mol. The first-order valence-corrected chi connectivity index (χ1v) is 5.17. The SMILES string of the molecule is CC(C)(C)OC=O.CCc1ncc[nH]1.CN. The standard InChI is InChI=1S/C5H8N2.C5H10O2.CH5N/c1-2-5-6-3-4-7-5;1-5(2,3)7-4-6;1-2/h3-4H,2H2,1H3,(H,6,7);4H,1-3H3;2H2,1H3. The zero-order valence-electron chi connectivity index (χ0n) is 10.8. The summed E-state index contributed by atoms with van der Waals surface area (Å²) in [6.45, 7) is 7.99. The van der Waals surface area contributed by atoms with Crippen LogP contribution in [-0.2, 0) is 16.0 Å². The van der Waals surface area contributed by atoms with Gasteiger partial charge in [0.15, 0.2) is 0 Å². The molecule has 0 amide bonds. The molecule has 0 aromatic carbocycles. The van der Waals surface area contributed by atoms with E-state index in [2.05, 4.69) is 27.4 Å². The topological polar surface area (TPSA) is 81.0 Å². The van der Waals surface area contributed by atoms with E-state index in [1.165, 1.54) is 7.05 Å². The van der Waals surface area contributed by atoms with Crippen molar-refractivity contribution in [3.8, 4) is 0 Å². The molecule has 1 aromatic heterocycles. The van der Waals surface area contributed by atoms with Crippen molar-refractivity contribution in [2.75, 3.05) is 7.05 Å². The molecule has 0 fully saturated rings. The monoisotopic (exact) mass is 229 g/mol. The van der Waals surface area contributed by atoms with Crippen molar-refractivity contribution in [2.24, 2.45) is 5.73 Å². The van der Waals surface area contributed by atoms with Crippen molar-refractivity contribution in [3.05, 3.63) is 18.2 Å². The molecule has 0 unspecified atom stereocenters. The lowest BCUT2D eigenvalue weighted by atomic mass is 10.2. The molecule has 3 N–H and O–H groups in total. The molecule has 0 bridgehead atoms.